The van der Waals surface area contributed by atoms with Gasteiger partial charge in [0.1, 0.15) is 5.75 Å². The summed E-state index contributed by atoms with van der Waals surface area (Å²) in [7, 11) is 1.39. The van der Waals surface area contributed by atoms with Gasteiger partial charge in [-0.3, -0.25) is 14.9 Å². The summed E-state index contributed by atoms with van der Waals surface area (Å²) in [4.78, 5) is 22.7. The van der Waals surface area contributed by atoms with E-state index in [1.165, 1.54) is 48.4 Å². The van der Waals surface area contributed by atoms with Crippen molar-refractivity contribution in [1.29, 1.82) is 0 Å². The molecular weight excluding hydrogens is 384 g/mol. The van der Waals surface area contributed by atoms with E-state index in [1.807, 2.05) is 6.92 Å². The summed E-state index contributed by atoms with van der Waals surface area (Å²) in [6, 6.07) is 4.04. The van der Waals surface area contributed by atoms with Crippen LogP contribution < -0.4 is 10.1 Å². The topological polar surface area (TPSA) is 107 Å². The molecule has 0 spiro atoms. The Morgan fingerprint density at radius 3 is 2.80 bits per heavy atom. The summed E-state index contributed by atoms with van der Waals surface area (Å²) in [6.07, 6.45) is 0. The van der Waals surface area contributed by atoms with Gasteiger partial charge in [0, 0.05) is 6.07 Å². The molecule has 134 valence electrons. The molecule has 2 aromatic rings. The number of nitrogens with zero attached hydrogens (tertiary/aromatic N) is 3. The first-order valence-electron chi connectivity index (χ1n) is 7.20. The first-order chi connectivity index (χ1) is 11.9. The van der Waals surface area contributed by atoms with Crippen LogP contribution in [0.3, 0.4) is 0 Å². The van der Waals surface area contributed by atoms with Crippen molar-refractivity contribution in [2.45, 2.75) is 27.8 Å². The molecule has 1 heterocycles. The van der Waals surface area contributed by atoms with E-state index in [9.17, 15) is 14.9 Å². The highest BCUT2D eigenvalue weighted by atomic mass is 32.2. The molecule has 0 aliphatic rings. The number of nitro groups is 1. The van der Waals surface area contributed by atoms with Crippen molar-refractivity contribution < 1.29 is 14.5 Å². The van der Waals surface area contributed by atoms with Crippen LogP contribution in [0.4, 0.5) is 11.4 Å². The molecule has 25 heavy (non-hydrogen) atoms. The standard InChI is InChI=1S/C14H16N4O4S3/c1-4-23-13-16-17-14(25-13)24-8(2)12(19)15-10-6-5-9(18(20)21)7-11(10)22-3/h5-8H,4H2,1-3H3,(H,15,19)/t8-/m1/s1. The predicted octanol–water partition coefficient (Wildman–Crippen LogP) is 3.69. The third-order valence-electron chi connectivity index (χ3n) is 2.96. The summed E-state index contributed by atoms with van der Waals surface area (Å²) < 4.78 is 6.70. The lowest BCUT2D eigenvalue weighted by atomic mass is 10.2. The zero-order chi connectivity index (χ0) is 18.4. The van der Waals surface area contributed by atoms with E-state index in [1.54, 1.807) is 18.7 Å². The van der Waals surface area contributed by atoms with Crippen LogP contribution in [0.15, 0.2) is 26.9 Å². The SMILES string of the molecule is CCSc1nnc(S[C@H](C)C(=O)Nc2ccc([N+](=O)[O-])cc2OC)s1. The fourth-order valence-corrected chi connectivity index (χ4v) is 4.82. The van der Waals surface area contributed by atoms with Gasteiger partial charge >= 0.3 is 0 Å². The average Bonchev–Trinajstić information content (AvgIpc) is 3.02. The Kier molecular flexibility index (Phi) is 7.02. The fourth-order valence-electron chi connectivity index (χ4n) is 1.76. The van der Waals surface area contributed by atoms with Crippen LogP contribution in [0, 0.1) is 10.1 Å². The van der Waals surface area contributed by atoms with E-state index in [0.29, 0.717) is 10.0 Å². The molecule has 0 saturated heterocycles. The molecule has 0 bridgehead atoms. The summed E-state index contributed by atoms with van der Waals surface area (Å²) in [5, 5.41) is 21.2. The van der Waals surface area contributed by atoms with Crippen LogP contribution in [0.1, 0.15) is 13.8 Å². The van der Waals surface area contributed by atoms with Gasteiger partial charge in [0.05, 0.1) is 29.0 Å². The molecule has 0 aliphatic heterocycles. The van der Waals surface area contributed by atoms with E-state index in [2.05, 4.69) is 15.5 Å². The maximum Gasteiger partial charge on any atom is 0.273 e. The number of hydrogen-bond donors (Lipinski definition) is 1. The lowest BCUT2D eigenvalue weighted by Gasteiger charge is -2.13. The lowest BCUT2D eigenvalue weighted by molar-refractivity contribution is -0.384. The van der Waals surface area contributed by atoms with Gasteiger partial charge in [-0.25, -0.2) is 0 Å². The van der Waals surface area contributed by atoms with Gasteiger partial charge in [-0.05, 0) is 18.7 Å². The second kappa shape index (κ2) is 9.02. The second-order valence-corrected chi connectivity index (χ2v) is 8.73. The number of nitrogens with one attached hydrogen (secondary N) is 1. The molecule has 0 saturated carbocycles. The highest BCUT2D eigenvalue weighted by molar-refractivity contribution is 8.03. The van der Waals surface area contributed by atoms with Gasteiger partial charge in [0.15, 0.2) is 8.68 Å². The number of aromatic nitrogens is 2. The number of anilines is 1. The Morgan fingerprint density at radius 2 is 2.16 bits per heavy atom. The van der Waals surface area contributed by atoms with Gasteiger partial charge in [-0.15, -0.1) is 10.2 Å². The molecule has 11 heteroatoms. The summed E-state index contributed by atoms with van der Waals surface area (Å²) >= 11 is 4.36. The van der Waals surface area contributed by atoms with Crippen LogP contribution in [0.2, 0.25) is 0 Å². The third-order valence-corrected chi connectivity index (χ3v) is 6.08. The molecule has 1 atom stereocenters. The zero-order valence-corrected chi connectivity index (χ0v) is 16.2. The Labute approximate surface area is 156 Å². The van der Waals surface area contributed by atoms with Crippen molar-refractivity contribution in [1.82, 2.24) is 10.2 Å². The number of rotatable bonds is 8. The molecular formula is C14H16N4O4S3. The van der Waals surface area contributed by atoms with Gasteiger partial charge in [0.25, 0.3) is 5.69 Å². The molecule has 2 rings (SSSR count). The number of benzene rings is 1. The Bertz CT molecular complexity index is 768. The smallest absolute Gasteiger partial charge is 0.273 e. The highest BCUT2D eigenvalue weighted by Gasteiger charge is 2.20. The highest BCUT2D eigenvalue weighted by Crippen LogP contribution is 2.33. The van der Waals surface area contributed by atoms with E-state index in [4.69, 9.17) is 4.74 Å². The summed E-state index contributed by atoms with van der Waals surface area (Å²) in [5.41, 5.74) is 0.275. The molecule has 0 unspecified atom stereocenters. The number of thioether (sulfide) groups is 2. The number of carbonyl (C=O) groups is 1. The minimum absolute atomic E-state index is 0.105. The maximum absolute atomic E-state index is 12.4. The van der Waals surface area contributed by atoms with Crippen LogP contribution in [0.5, 0.6) is 5.75 Å². The van der Waals surface area contributed by atoms with Crippen LogP contribution >= 0.6 is 34.9 Å². The van der Waals surface area contributed by atoms with Crippen molar-refractivity contribution >= 4 is 52.1 Å². The Balaban J connectivity index is 2.03. The van der Waals surface area contributed by atoms with Crippen LogP contribution in [-0.2, 0) is 4.79 Å². The largest absolute Gasteiger partial charge is 0.494 e. The number of hydrogen-bond acceptors (Lipinski definition) is 9. The van der Waals surface area contributed by atoms with Crippen molar-refractivity contribution in [2.24, 2.45) is 0 Å². The third kappa shape index (κ3) is 5.31. The summed E-state index contributed by atoms with van der Waals surface area (Å²) in [5.74, 6) is 0.893. The van der Waals surface area contributed by atoms with Crippen LogP contribution in [0.25, 0.3) is 0 Å². The van der Waals surface area contributed by atoms with Gasteiger partial charge in [-0.1, -0.05) is 41.8 Å². The zero-order valence-electron chi connectivity index (χ0n) is 13.7. The van der Waals surface area contributed by atoms with Crippen molar-refractivity contribution in [2.75, 3.05) is 18.2 Å². The average molecular weight is 401 g/mol. The molecule has 0 aliphatic carbocycles. The van der Waals surface area contributed by atoms with E-state index in [0.717, 1.165) is 10.1 Å². The first kappa shape index (κ1) is 19.5. The van der Waals surface area contributed by atoms with Crippen molar-refractivity contribution in [3.63, 3.8) is 0 Å². The number of nitro benzene ring substituents is 1. The van der Waals surface area contributed by atoms with Gasteiger partial charge < -0.3 is 10.1 Å². The maximum atomic E-state index is 12.4. The second-order valence-electron chi connectivity index (χ2n) is 4.66. The minimum atomic E-state index is -0.520. The summed E-state index contributed by atoms with van der Waals surface area (Å²) in [6.45, 7) is 3.79. The molecule has 0 fully saturated rings. The molecule has 1 N–H and O–H groups in total. The van der Waals surface area contributed by atoms with Crippen molar-refractivity contribution in [3.8, 4) is 5.75 Å². The predicted molar refractivity (Wildman–Crippen MR) is 99.9 cm³/mol. The number of amides is 1. The Hall–Kier alpha value is -1.85. The quantitative estimate of drug-likeness (QED) is 0.406. The van der Waals surface area contributed by atoms with E-state index in [-0.39, 0.29) is 17.3 Å². The molecule has 8 nitrogen and oxygen atoms in total. The van der Waals surface area contributed by atoms with Gasteiger partial charge in [0.2, 0.25) is 5.91 Å². The fraction of sp³-hybridized carbons (Fsp3) is 0.357. The normalized spacial score (nSPS) is 11.8. The lowest BCUT2D eigenvalue weighted by Crippen LogP contribution is -2.22. The monoisotopic (exact) mass is 400 g/mol. The minimum Gasteiger partial charge on any atom is -0.494 e. The number of ether oxygens (including phenoxy) is 1. The number of carbonyl (C=O) groups excluding carboxylic acids is 1. The Morgan fingerprint density at radius 1 is 1.44 bits per heavy atom. The van der Waals surface area contributed by atoms with Crippen LogP contribution in [-0.4, -0.2) is 39.1 Å². The molecule has 1 amide bonds. The number of methoxy groups -OCH3 is 1. The van der Waals surface area contributed by atoms with Crippen molar-refractivity contribution in [3.05, 3.63) is 28.3 Å². The first-order valence-corrected chi connectivity index (χ1v) is 9.89. The van der Waals surface area contributed by atoms with E-state index < -0.39 is 10.2 Å². The number of non-ortho nitro benzene ring substituents is 1. The van der Waals surface area contributed by atoms with Gasteiger partial charge in [-0.2, -0.15) is 0 Å². The van der Waals surface area contributed by atoms with E-state index >= 15 is 0 Å². The molecule has 1 aromatic heterocycles. The molecule has 1 aromatic carbocycles. The molecule has 0 radical (unpaired) electrons.